The largest absolute Gasteiger partial charge is 0.305 e. The molecule has 1 nitrogen and oxygen atoms in total. The molecule has 1 aromatic carbocycles. The summed E-state index contributed by atoms with van der Waals surface area (Å²) >= 11 is 4.42. The lowest BCUT2D eigenvalue weighted by atomic mass is 9.98. The van der Waals surface area contributed by atoms with E-state index in [0.29, 0.717) is 5.92 Å². The Bertz CT molecular complexity index is 239. The van der Waals surface area contributed by atoms with Crippen molar-refractivity contribution in [3.63, 3.8) is 0 Å². The second-order valence-corrected chi connectivity index (χ2v) is 4.18. The average Bonchev–Trinajstić information content (AvgIpc) is 2.27. The van der Waals surface area contributed by atoms with E-state index in [1.54, 1.807) is 0 Å². The maximum atomic E-state index is 4.42. The molecule has 1 N–H and O–H groups in total. The summed E-state index contributed by atoms with van der Waals surface area (Å²) in [6.45, 7) is 4.47. The normalized spacial score (nSPS) is 15.1. The molecule has 1 rings (SSSR count). The molecule has 2 atom stereocenters. The number of rotatable bonds is 4. The third kappa shape index (κ3) is 2.76. The molecule has 2 unspecified atom stereocenters. The van der Waals surface area contributed by atoms with Gasteiger partial charge in [-0.05, 0) is 30.5 Å². The van der Waals surface area contributed by atoms with Gasteiger partial charge in [0.2, 0.25) is 0 Å². The van der Waals surface area contributed by atoms with Crippen LogP contribution in [-0.2, 0) is 0 Å². The van der Waals surface area contributed by atoms with E-state index < -0.39 is 0 Å². The first kappa shape index (κ1) is 11.6. The molecule has 0 aliphatic heterocycles. The number of hydrogen-bond acceptors (Lipinski definition) is 2. The molecule has 0 aromatic heterocycles. The van der Waals surface area contributed by atoms with Gasteiger partial charge in [-0.25, -0.2) is 0 Å². The smallest absolute Gasteiger partial charge is 0.0757 e. The highest BCUT2D eigenvalue weighted by molar-refractivity contribution is 7.80. The van der Waals surface area contributed by atoms with Crippen molar-refractivity contribution in [3.8, 4) is 0 Å². The van der Waals surface area contributed by atoms with Crippen LogP contribution < -0.4 is 5.32 Å². The molecule has 0 heterocycles. The van der Waals surface area contributed by atoms with Crippen LogP contribution in [0.1, 0.15) is 42.7 Å². The van der Waals surface area contributed by atoms with Gasteiger partial charge in [-0.2, -0.15) is 12.6 Å². The third-order valence-electron chi connectivity index (χ3n) is 2.71. The van der Waals surface area contributed by atoms with Gasteiger partial charge in [0.05, 0.1) is 5.37 Å². The molecular formula is C12H19NS. The van der Waals surface area contributed by atoms with Gasteiger partial charge in [0.25, 0.3) is 0 Å². The van der Waals surface area contributed by atoms with Crippen molar-refractivity contribution in [2.24, 2.45) is 0 Å². The van der Waals surface area contributed by atoms with E-state index >= 15 is 0 Å². The SMILES string of the molecule is CCC(C)c1ccc(C(S)NC)cc1. The van der Waals surface area contributed by atoms with Crippen molar-refractivity contribution in [1.82, 2.24) is 5.32 Å². The van der Waals surface area contributed by atoms with Crippen molar-refractivity contribution in [2.75, 3.05) is 7.05 Å². The fraction of sp³-hybridized carbons (Fsp3) is 0.500. The minimum atomic E-state index is 0.140. The molecule has 14 heavy (non-hydrogen) atoms. The van der Waals surface area contributed by atoms with Gasteiger partial charge in [-0.3, -0.25) is 0 Å². The highest BCUT2D eigenvalue weighted by atomic mass is 32.1. The Morgan fingerprint density at radius 3 is 2.14 bits per heavy atom. The molecule has 0 spiro atoms. The summed E-state index contributed by atoms with van der Waals surface area (Å²) in [6, 6.07) is 8.69. The minimum Gasteiger partial charge on any atom is -0.305 e. The van der Waals surface area contributed by atoms with Gasteiger partial charge in [0, 0.05) is 0 Å². The zero-order valence-electron chi connectivity index (χ0n) is 9.12. The molecule has 0 radical (unpaired) electrons. The summed E-state index contributed by atoms with van der Waals surface area (Å²) < 4.78 is 0. The lowest BCUT2D eigenvalue weighted by Gasteiger charge is -2.12. The monoisotopic (exact) mass is 209 g/mol. The summed E-state index contributed by atoms with van der Waals surface area (Å²) in [4.78, 5) is 0. The Balaban J connectivity index is 2.78. The number of benzene rings is 1. The van der Waals surface area contributed by atoms with Crippen LogP contribution in [0.15, 0.2) is 24.3 Å². The Morgan fingerprint density at radius 2 is 1.71 bits per heavy atom. The predicted octanol–water partition coefficient (Wildman–Crippen LogP) is 3.35. The molecular weight excluding hydrogens is 190 g/mol. The maximum Gasteiger partial charge on any atom is 0.0757 e. The van der Waals surface area contributed by atoms with Crippen LogP contribution in [0.25, 0.3) is 0 Å². The van der Waals surface area contributed by atoms with Crippen LogP contribution >= 0.6 is 12.6 Å². The minimum absolute atomic E-state index is 0.140. The van der Waals surface area contributed by atoms with E-state index in [4.69, 9.17) is 0 Å². The van der Waals surface area contributed by atoms with E-state index in [2.05, 4.69) is 56.1 Å². The first-order valence-electron chi connectivity index (χ1n) is 5.14. The molecule has 1 aromatic rings. The van der Waals surface area contributed by atoms with Crippen LogP contribution in [0, 0.1) is 0 Å². The fourth-order valence-electron chi connectivity index (χ4n) is 1.41. The van der Waals surface area contributed by atoms with Gasteiger partial charge in [-0.1, -0.05) is 38.1 Å². The second-order valence-electron chi connectivity index (χ2n) is 3.67. The summed E-state index contributed by atoms with van der Waals surface area (Å²) in [6.07, 6.45) is 1.19. The van der Waals surface area contributed by atoms with Crippen molar-refractivity contribution in [2.45, 2.75) is 31.6 Å². The number of nitrogens with one attached hydrogen (secondary N) is 1. The summed E-state index contributed by atoms with van der Waals surface area (Å²) in [7, 11) is 1.92. The van der Waals surface area contributed by atoms with E-state index in [-0.39, 0.29) is 5.37 Å². The summed E-state index contributed by atoms with van der Waals surface area (Å²) in [5.74, 6) is 0.650. The van der Waals surface area contributed by atoms with Crippen molar-refractivity contribution in [3.05, 3.63) is 35.4 Å². The van der Waals surface area contributed by atoms with E-state index in [1.807, 2.05) is 7.05 Å². The van der Waals surface area contributed by atoms with Crippen molar-refractivity contribution >= 4 is 12.6 Å². The van der Waals surface area contributed by atoms with Gasteiger partial charge >= 0.3 is 0 Å². The topological polar surface area (TPSA) is 12.0 Å². The lowest BCUT2D eigenvalue weighted by molar-refractivity contribution is 0.731. The average molecular weight is 209 g/mol. The Morgan fingerprint density at radius 1 is 1.21 bits per heavy atom. The van der Waals surface area contributed by atoms with Gasteiger partial charge in [0.15, 0.2) is 0 Å². The Labute approximate surface area is 92.3 Å². The van der Waals surface area contributed by atoms with Crippen LogP contribution in [0.5, 0.6) is 0 Å². The standard InChI is InChI=1S/C12H19NS/c1-4-9(2)10-5-7-11(8-6-10)12(14)13-3/h5-9,12-14H,4H2,1-3H3. The molecule has 0 aliphatic carbocycles. The molecule has 0 amide bonds. The zero-order chi connectivity index (χ0) is 10.6. The van der Waals surface area contributed by atoms with Crippen molar-refractivity contribution in [1.29, 1.82) is 0 Å². The van der Waals surface area contributed by atoms with E-state index in [9.17, 15) is 0 Å². The Hall–Kier alpha value is -0.470. The molecule has 0 saturated carbocycles. The van der Waals surface area contributed by atoms with Crippen molar-refractivity contribution < 1.29 is 0 Å². The van der Waals surface area contributed by atoms with E-state index in [0.717, 1.165) is 0 Å². The van der Waals surface area contributed by atoms with Crippen LogP contribution in [-0.4, -0.2) is 7.05 Å². The third-order valence-corrected chi connectivity index (χ3v) is 3.26. The molecule has 78 valence electrons. The zero-order valence-corrected chi connectivity index (χ0v) is 10.0. The first-order chi connectivity index (χ1) is 6.69. The Kier molecular flexibility index (Phi) is 4.49. The second kappa shape index (κ2) is 5.42. The highest BCUT2D eigenvalue weighted by Crippen LogP contribution is 2.22. The van der Waals surface area contributed by atoms with Crippen LogP contribution in [0.2, 0.25) is 0 Å². The molecule has 0 saturated heterocycles. The van der Waals surface area contributed by atoms with Gasteiger partial charge in [-0.15, -0.1) is 0 Å². The first-order valence-corrected chi connectivity index (χ1v) is 5.65. The van der Waals surface area contributed by atoms with Gasteiger partial charge < -0.3 is 5.32 Å². The van der Waals surface area contributed by atoms with Crippen LogP contribution in [0.3, 0.4) is 0 Å². The molecule has 2 heteroatoms. The van der Waals surface area contributed by atoms with E-state index in [1.165, 1.54) is 17.5 Å². The number of hydrogen-bond donors (Lipinski definition) is 2. The quantitative estimate of drug-likeness (QED) is 0.572. The van der Waals surface area contributed by atoms with Gasteiger partial charge in [0.1, 0.15) is 0 Å². The van der Waals surface area contributed by atoms with Crippen LogP contribution in [0.4, 0.5) is 0 Å². The lowest BCUT2D eigenvalue weighted by Crippen LogP contribution is -2.09. The maximum absolute atomic E-state index is 4.42. The highest BCUT2D eigenvalue weighted by Gasteiger charge is 2.05. The summed E-state index contributed by atoms with van der Waals surface area (Å²) in [5.41, 5.74) is 2.63. The molecule has 0 fully saturated rings. The number of thiol groups is 1. The fourth-order valence-corrected chi connectivity index (χ4v) is 1.58. The molecule has 0 aliphatic rings. The molecule has 0 bridgehead atoms. The predicted molar refractivity (Wildman–Crippen MR) is 65.9 cm³/mol. The summed E-state index contributed by atoms with van der Waals surface area (Å²) in [5, 5.41) is 3.25.